The highest BCUT2D eigenvalue weighted by molar-refractivity contribution is 6.05. The van der Waals surface area contributed by atoms with Gasteiger partial charge in [-0.05, 0) is 25.0 Å². The van der Waals surface area contributed by atoms with Crippen molar-refractivity contribution in [3.05, 3.63) is 30.1 Å². The molecule has 1 aromatic heterocycles. The van der Waals surface area contributed by atoms with E-state index in [0.29, 0.717) is 13.0 Å². The zero-order chi connectivity index (χ0) is 18.8. The number of H-pyrrole nitrogens is 1. The molecule has 1 saturated carbocycles. The number of hydrogen-bond acceptors (Lipinski definition) is 4. The van der Waals surface area contributed by atoms with Gasteiger partial charge in [0.2, 0.25) is 17.7 Å². The molecule has 2 aromatic rings. The highest BCUT2D eigenvalue weighted by atomic mass is 16.2. The third-order valence-electron chi connectivity index (χ3n) is 5.62. The number of rotatable bonds is 6. The van der Waals surface area contributed by atoms with E-state index in [-0.39, 0.29) is 42.5 Å². The van der Waals surface area contributed by atoms with Crippen LogP contribution >= 0.6 is 0 Å². The molecular weight excluding hydrogens is 344 g/mol. The molecule has 0 radical (unpaired) electrons. The molecule has 0 bridgehead atoms. The first-order valence-corrected chi connectivity index (χ1v) is 9.69. The summed E-state index contributed by atoms with van der Waals surface area (Å²) in [6.45, 7) is 0.646. The fourth-order valence-corrected chi connectivity index (χ4v) is 4.20. The summed E-state index contributed by atoms with van der Waals surface area (Å²) < 4.78 is 0. The van der Waals surface area contributed by atoms with Crippen LogP contribution in [0.3, 0.4) is 0 Å². The Morgan fingerprint density at radius 1 is 1.15 bits per heavy atom. The molecule has 3 amide bonds. The van der Waals surface area contributed by atoms with Gasteiger partial charge in [-0.2, -0.15) is 0 Å². The second-order valence-corrected chi connectivity index (χ2v) is 7.38. The van der Waals surface area contributed by atoms with Crippen molar-refractivity contribution in [2.24, 2.45) is 11.8 Å². The van der Waals surface area contributed by atoms with E-state index in [0.717, 1.165) is 42.5 Å². The van der Waals surface area contributed by atoms with Crippen molar-refractivity contribution in [1.29, 1.82) is 0 Å². The Bertz CT molecular complexity index is 818. The van der Waals surface area contributed by atoms with Crippen molar-refractivity contribution < 1.29 is 14.4 Å². The smallest absolute Gasteiger partial charge is 0.233 e. The molecule has 2 heterocycles. The van der Waals surface area contributed by atoms with Crippen LogP contribution in [-0.2, 0) is 20.8 Å². The number of imidazole rings is 1. The van der Waals surface area contributed by atoms with Gasteiger partial charge in [-0.1, -0.05) is 25.0 Å². The lowest BCUT2D eigenvalue weighted by Crippen LogP contribution is -2.36. The number of fused-ring (bicyclic) bond motifs is 2. The number of para-hydroxylation sites is 2. The number of carbonyl (C=O) groups is 3. The summed E-state index contributed by atoms with van der Waals surface area (Å²) in [5.74, 6) is 0.205. The predicted octanol–water partition coefficient (Wildman–Crippen LogP) is 1.79. The van der Waals surface area contributed by atoms with Crippen LogP contribution in [0.5, 0.6) is 0 Å². The maximum absolute atomic E-state index is 12.4. The minimum atomic E-state index is -0.151. The van der Waals surface area contributed by atoms with Crippen molar-refractivity contribution in [3.8, 4) is 0 Å². The van der Waals surface area contributed by atoms with E-state index in [9.17, 15) is 14.4 Å². The first kappa shape index (κ1) is 17.7. The molecule has 1 aromatic carbocycles. The number of carbonyl (C=O) groups excluding carboxylic acids is 3. The van der Waals surface area contributed by atoms with Gasteiger partial charge in [0.15, 0.2) is 0 Å². The fraction of sp³-hybridized carbons (Fsp3) is 0.500. The number of benzene rings is 1. The van der Waals surface area contributed by atoms with Crippen LogP contribution < -0.4 is 5.32 Å². The summed E-state index contributed by atoms with van der Waals surface area (Å²) in [6.07, 6.45) is 4.38. The Morgan fingerprint density at radius 2 is 1.85 bits per heavy atom. The zero-order valence-electron chi connectivity index (χ0n) is 15.2. The van der Waals surface area contributed by atoms with Gasteiger partial charge in [0.25, 0.3) is 0 Å². The standard InChI is InChI=1S/C20H24N4O3/c25-18(21-11-9-17-22-15-7-3-4-8-16(15)23-17)10-12-24-19(26)13-5-1-2-6-14(13)20(24)27/h3-4,7-8,13-14H,1-2,5-6,9-12H2,(H,21,25)(H,22,23). The second kappa shape index (κ2) is 7.50. The third-order valence-corrected chi connectivity index (χ3v) is 5.62. The molecule has 1 aliphatic heterocycles. The molecule has 7 heteroatoms. The molecule has 2 N–H and O–H groups in total. The molecular formula is C20H24N4O3. The topological polar surface area (TPSA) is 95.2 Å². The molecule has 142 valence electrons. The number of hydrogen-bond donors (Lipinski definition) is 2. The van der Waals surface area contributed by atoms with Crippen molar-refractivity contribution in [2.75, 3.05) is 13.1 Å². The maximum Gasteiger partial charge on any atom is 0.233 e. The normalized spacial score (nSPS) is 22.3. The summed E-state index contributed by atoms with van der Waals surface area (Å²) in [6, 6.07) is 7.79. The monoisotopic (exact) mass is 368 g/mol. The van der Waals surface area contributed by atoms with Crippen molar-refractivity contribution in [2.45, 2.75) is 38.5 Å². The van der Waals surface area contributed by atoms with E-state index in [2.05, 4.69) is 15.3 Å². The Kier molecular flexibility index (Phi) is 4.92. The molecule has 1 saturated heterocycles. The molecule has 2 unspecified atom stereocenters. The molecule has 7 nitrogen and oxygen atoms in total. The van der Waals surface area contributed by atoms with Gasteiger partial charge < -0.3 is 10.3 Å². The van der Waals surface area contributed by atoms with E-state index in [1.807, 2.05) is 24.3 Å². The quantitative estimate of drug-likeness (QED) is 0.760. The Hall–Kier alpha value is -2.70. The Labute approximate surface area is 157 Å². The van der Waals surface area contributed by atoms with Crippen LogP contribution in [0.25, 0.3) is 11.0 Å². The minimum Gasteiger partial charge on any atom is -0.356 e. The van der Waals surface area contributed by atoms with Gasteiger partial charge in [-0.3, -0.25) is 19.3 Å². The highest BCUT2D eigenvalue weighted by Crippen LogP contribution is 2.37. The molecule has 0 spiro atoms. The van der Waals surface area contributed by atoms with E-state index < -0.39 is 0 Å². The zero-order valence-corrected chi connectivity index (χ0v) is 15.2. The van der Waals surface area contributed by atoms with E-state index in [1.165, 1.54) is 4.90 Å². The maximum atomic E-state index is 12.4. The number of amides is 3. The second-order valence-electron chi connectivity index (χ2n) is 7.38. The average Bonchev–Trinajstić information content (AvgIpc) is 3.20. The molecule has 2 aliphatic rings. The van der Waals surface area contributed by atoms with Crippen molar-refractivity contribution in [1.82, 2.24) is 20.2 Å². The molecule has 4 rings (SSSR count). The lowest BCUT2D eigenvalue weighted by atomic mass is 9.81. The molecule has 27 heavy (non-hydrogen) atoms. The lowest BCUT2D eigenvalue weighted by molar-refractivity contribution is -0.140. The van der Waals surface area contributed by atoms with Crippen LogP contribution in [0.1, 0.15) is 37.9 Å². The van der Waals surface area contributed by atoms with Crippen molar-refractivity contribution in [3.63, 3.8) is 0 Å². The minimum absolute atomic E-state index is 0.0835. The number of imide groups is 1. The van der Waals surface area contributed by atoms with E-state index >= 15 is 0 Å². The van der Waals surface area contributed by atoms with Crippen LogP contribution in [0.2, 0.25) is 0 Å². The summed E-state index contributed by atoms with van der Waals surface area (Å²) in [5, 5.41) is 2.84. The highest BCUT2D eigenvalue weighted by Gasteiger charge is 2.47. The Balaban J connectivity index is 1.24. The summed E-state index contributed by atoms with van der Waals surface area (Å²) in [5.41, 5.74) is 1.89. The Morgan fingerprint density at radius 3 is 2.56 bits per heavy atom. The molecule has 2 atom stereocenters. The molecule has 2 fully saturated rings. The number of nitrogens with zero attached hydrogens (tertiary/aromatic N) is 2. The van der Waals surface area contributed by atoms with Gasteiger partial charge in [-0.25, -0.2) is 4.98 Å². The van der Waals surface area contributed by atoms with Crippen LogP contribution in [0.15, 0.2) is 24.3 Å². The van der Waals surface area contributed by atoms with Gasteiger partial charge >= 0.3 is 0 Å². The average molecular weight is 368 g/mol. The predicted molar refractivity (Wildman–Crippen MR) is 99.6 cm³/mol. The van der Waals surface area contributed by atoms with Crippen LogP contribution in [0, 0.1) is 11.8 Å². The lowest BCUT2D eigenvalue weighted by Gasteiger charge is -2.19. The third kappa shape index (κ3) is 3.59. The van der Waals surface area contributed by atoms with E-state index in [1.54, 1.807) is 0 Å². The number of aromatic nitrogens is 2. The van der Waals surface area contributed by atoms with Gasteiger partial charge in [0.05, 0.1) is 22.9 Å². The van der Waals surface area contributed by atoms with Crippen LogP contribution in [0.4, 0.5) is 0 Å². The number of aromatic amines is 1. The largest absolute Gasteiger partial charge is 0.356 e. The summed E-state index contributed by atoms with van der Waals surface area (Å²) in [4.78, 5) is 45.9. The van der Waals surface area contributed by atoms with Crippen LogP contribution in [-0.4, -0.2) is 45.7 Å². The van der Waals surface area contributed by atoms with Gasteiger partial charge in [0.1, 0.15) is 5.82 Å². The van der Waals surface area contributed by atoms with E-state index in [4.69, 9.17) is 0 Å². The van der Waals surface area contributed by atoms with Gasteiger partial charge in [-0.15, -0.1) is 0 Å². The SMILES string of the molecule is O=C(CCN1C(=O)C2CCCCC2C1=O)NCCc1nc2ccccc2[nH]1. The number of likely N-dealkylation sites (tertiary alicyclic amines) is 1. The fourth-order valence-electron chi connectivity index (χ4n) is 4.20. The first-order valence-electron chi connectivity index (χ1n) is 9.69. The van der Waals surface area contributed by atoms with Gasteiger partial charge in [0, 0.05) is 25.9 Å². The molecule has 1 aliphatic carbocycles. The first-order chi connectivity index (χ1) is 13.1. The summed E-state index contributed by atoms with van der Waals surface area (Å²) >= 11 is 0. The summed E-state index contributed by atoms with van der Waals surface area (Å²) in [7, 11) is 0. The van der Waals surface area contributed by atoms with Crippen molar-refractivity contribution >= 4 is 28.8 Å². The number of nitrogens with one attached hydrogen (secondary N) is 2.